The summed E-state index contributed by atoms with van der Waals surface area (Å²) in [7, 11) is 0. The first-order valence-corrected chi connectivity index (χ1v) is 7.56. The Hall–Kier alpha value is -1.46. The molecule has 22 heavy (non-hydrogen) atoms. The van der Waals surface area contributed by atoms with E-state index < -0.39 is 17.2 Å². The molecule has 0 saturated carbocycles. The number of rotatable bonds is 5. The number of phenols is 1. The van der Waals surface area contributed by atoms with Crippen molar-refractivity contribution in [2.24, 2.45) is 0 Å². The average Bonchev–Trinajstić information content (AvgIpc) is 2.30. The molecule has 0 atom stereocenters. The number of carbonyl (C=O) groups is 1. The van der Waals surface area contributed by atoms with Crippen LogP contribution in [0.15, 0.2) is 18.2 Å². The van der Waals surface area contributed by atoms with Crippen LogP contribution in [0, 0.1) is 0 Å². The fraction of sp³-hybridized carbons (Fsp3) is 0.562. The van der Waals surface area contributed by atoms with Gasteiger partial charge in [0.1, 0.15) is 11.4 Å². The number of benzene rings is 1. The van der Waals surface area contributed by atoms with E-state index in [-0.39, 0.29) is 5.75 Å². The van der Waals surface area contributed by atoms with Crippen molar-refractivity contribution in [2.45, 2.75) is 52.3 Å². The van der Waals surface area contributed by atoms with E-state index in [1.165, 1.54) is 0 Å². The maximum Gasteiger partial charge on any atom is 0.408 e. The Balaban J connectivity index is 2.48. The summed E-state index contributed by atoms with van der Waals surface area (Å²) in [6, 6.07) is 4.90. The lowest BCUT2D eigenvalue weighted by atomic mass is 10.1. The summed E-state index contributed by atoms with van der Waals surface area (Å²) in [6.07, 6.45) is -0.454. The number of carbonyl (C=O) groups excluding carboxylic acids is 1. The Bertz CT molecular complexity index is 525. The molecule has 5 nitrogen and oxygen atoms in total. The van der Waals surface area contributed by atoms with Crippen molar-refractivity contribution >= 4 is 17.7 Å². The predicted octanol–water partition coefficient (Wildman–Crippen LogP) is 3.44. The second kappa shape index (κ2) is 7.20. The number of nitrogens with one attached hydrogen (secondary N) is 2. The summed E-state index contributed by atoms with van der Waals surface area (Å²) in [5, 5.41) is 16.3. The smallest absolute Gasteiger partial charge is 0.408 e. The number of aromatic hydroxyl groups is 1. The van der Waals surface area contributed by atoms with Crippen molar-refractivity contribution in [1.82, 2.24) is 10.6 Å². The van der Waals surface area contributed by atoms with E-state index in [1.54, 1.807) is 18.2 Å². The molecule has 0 bridgehead atoms. The highest BCUT2D eigenvalue weighted by Gasteiger charge is 2.24. The number of halogens is 1. The minimum Gasteiger partial charge on any atom is -0.508 e. The zero-order valence-corrected chi connectivity index (χ0v) is 14.5. The molecule has 0 fully saturated rings. The van der Waals surface area contributed by atoms with Gasteiger partial charge in [-0.3, -0.25) is 0 Å². The van der Waals surface area contributed by atoms with Gasteiger partial charge in [-0.2, -0.15) is 0 Å². The summed E-state index contributed by atoms with van der Waals surface area (Å²) in [4.78, 5) is 11.8. The van der Waals surface area contributed by atoms with Gasteiger partial charge in [0.15, 0.2) is 0 Å². The topological polar surface area (TPSA) is 70.6 Å². The van der Waals surface area contributed by atoms with Gasteiger partial charge in [0.2, 0.25) is 0 Å². The first-order valence-electron chi connectivity index (χ1n) is 7.18. The lowest BCUT2D eigenvalue weighted by Crippen LogP contribution is -2.51. The van der Waals surface area contributed by atoms with Crippen LogP contribution in [0.25, 0.3) is 0 Å². The van der Waals surface area contributed by atoms with Crippen LogP contribution in [-0.4, -0.2) is 28.9 Å². The van der Waals surface area contributed by atoms with Gasteiger partial charge in [-0.05, 0) is 52.8 Å². The molecule has 6 heteroatoms. The van der Waals surface area contributed by atoms with Gasteiger partial charge in [0, 0.05) is 23.7 Å². The van der Waals surface area contributed by atoms with Crippen molar-refractivity contribution in [3.63, 3.8) is 0 Å². The molecule has 1 aromatic carbocycles. The molecule has 0 aliphatic carbocycles. The molecule has 0 aliphatic rings. The first-order chi connectivity index (χ1) is 9.98. The summed E-state index contributed by atoms with van der Waals surface area (Å²) >= 11 is 5.90. The molecule has 1 amide bonds. The van der Waals surface area contributed by atoms with Crippen molar-refractivity contribution in [3.05, 3.63) is 28.8 Å². The molecule has 124 valence electrons. The molecule has 0 spiro atoms. The van der Waals surface area contributed by atoms with Gasteiger partial charge < -0.3 is 20.5 Å². The normalized spacial score (nSPS) is 12.1. The fourth-order valence-electron chi connectivity index (χ4n) is 1.83. The van der Waals surface area contributed by atoms with Gasteiger partial charge in [-0.25, -0.2) is 4.79 Å². The Kier molecular flexibility index (Phi) is 6.08. The minimum absolute atomic E-state index is 0.190. The maximum atomic E-state index is 11.8. The highest BCUT2D eigenvalue weighted by Crippen LogP contribution is 2.21. The highest BCUT2D eigenvalue weighted by atomic mass is 35.5. The van der Waals surface area contributed by atoms with Crippen LogP contribution in [0.2, 0.25) is 5.02 Å². The van der Waals surface area contributed by atoms with Crippen LogP contribution in [0.5, 0.6) is 5.75 Å². The lowest BCUT2D eigenvalue weighted by molar-refractivity contribution is 0.0472. The van der Waals surface area contributed by atoms with Crippen molar-refractivity contribution in [2.75, 3.05) is 6.54 Å². The second-order valence-corrected chi connectivity index (χ2v) is 7.32. The third-order valence-corrected chi connectivity index (χ3v) is 3.00. The van der Waals surface area contributed by atoms with Gasteiger partial charge in [-0.1, -0.05) is 11.6 Å². The highest BCUT2D eigenvalue weighted by molar-refractivity contribution is 6.30. The number of amides is 1. The van der Waals surface area contributed by atoms with Crippen LogP contribution in [0.1, 0.15) is 40.2 Å². The SMILES string of the molecule is CC(C)(CNCc1cc(Cl)ccc1O)NC(=O)OC(C)(C)C. The second-order valence-electron chi connectivity index (χ2n) is 6.89. The summed E-state index contributed by atoms with van der Waals surface area (Å²) < 4.78 is 5.24. The van der Waals surface area contributed by atoms with Gasteiger partial charge >= 0.3 is 6.09 Å². The summed E-state index contributed by atoms with van der Waals surface area (Å²) in [5.74, 6) is 0.190. The van der Waals surface area contributed by atoms with E-state index in [0.29, 0.717) is 23.7 Å². The Morgan fingerprint density at radius 2 is 1.91 bits per heavy atom. The van der Waals surface area contributed by atoms with Crippen molar-refractivity contribution in [3.8, 4) is 5.75 Å². The molecule has 1 aromatic rings. The van der Waals surface area contributed by atoms with Gasteiger partial charge in [0.25, 0.3) is 0 Å². The zero-order valence-electron chi connectivity index (χ0n) is 13.8. The maximum absolute atomic E-state index is 11.8. The molecule has 0 aliphatic heterocycles. The molecule has 0 unspecified atom stereocenters. The third kappa shape index (κ3) is 7.00. The standard InChI is InChI=1S/C16H25ClN2O3/c1-15(2,3)22-14(21)19-16(4,5)10-18-9-11-8-12(17)6-7-13(11)20/h6-8,18,20H,9-10H2,1-5H3,(H,19,21). The van der Waals surface area contributed by atoms with E-state index in [9.17, 15) is 9.90 Å². The van der Waals surface area contributed by atoms with Crippen LogP contribution in [0.3, 0.4) is 0 Å². The fourth-order valence-corrected chi connectivity index (χ4v) is 2.02. The number of hydrogen-bond acceptors (Lipinski definition) is 4. The lowest BCUT2D eigenvalue weighted by Gasteiger charge is -2.29. The van der Waals surface area contributed by atoms with E-state index in [4.69, 9.17) is 16.3 Å². The van der Waals surface area contributed by atoms with Crippen LogP contribution < -0.4 is 10.6 Å². The zero-order chi connectivity index (χ0) is 17.0. The molecule has 3 N–H and O–H groups in total. The molecular formula is C16H25ClN2O3. The molecule has 0 aromatic heterocycles. The third-order valence-electron chi connectivity index (χ3n) is 2.76. The van der Waals surface area contributed by atoms with Crippen molar-refractivity contribution < 1.29 is 14.6 Å². The average molecular weight is 329 g/mol. The summed E-state index contributed by atoms with van der Waals surface area (Å²) in [5.41, 5.74) is -0.308. The quantitative estimate of drug-likeness (QED) is 0.774. The Morgan fingerprint density at radius 1 is 1.27 bits per heavy atom. The van der Waals surface area contributed by atoms with E-state index in [2.05, 4.69) is 10.6 Å². The predicted molar refractivity (Wildman–Crippen MR) is 88.3 cm³/mol. The molecule has 0 radical (unpaired) electrons. The van der Waals surface area contributed by atoms with Crippen LogP contribution >= 0.6 is 11.6 Å². The van der Waals surface area contributed by atoms with E-state index >= 15 is 0 Å². The van der Waals surface area contributed by atoms with E-state index in [1.807, 2.05) is 34.6 Å². The van der Waals surface area contributed by atoms with Gasteiger partial charge in [-0.15, -0.1) is 0 Å². The van der Waals surface area contributed by atoms with Crippen LogP contribution in [-0.2, 0) is 11.3 Å². The summed E-state index contributed by atoms with van der Waals surface area (Å²) in [6.45, 7) is 10.2. The molecule has 0 saturated heterocycles. The number of alkyl carbamates (subject to hydrolysis) is 1. The monoisotopic (exact) mass is 328 g/mol. The molecule has 1 rings (SSSR count). The van der Waals surface area contributed by atoms with Crippen molar-refractivity contribution in [1.29, 1.82) is 0 Å². The Labute approximate surface area is 137 Å². The number of hydrogen-bond donors (Lipinski definition) is 3. The number of phenolic OH excluding ortho intramolecular Hbond substituents is 1. The van der Waals surface area contributed by atoms with E-state index in [0.717, 1.165) is 0 Å². The molecule has 0 heterocycles. The van der Waals surface area contributed by atoms with Crippen LogP contribution in [0.4, 0.5) is 4.79 Å². The Morgan fingerprint density at radius 3 is 2.50 bits per heavy atom. The van der Waals surface area contributed by atoms with Gasteiger partial charge in [0.05, 0.1) is 5.54 Å². The first kappa shape index (κ1) is 18.6. The largest absolute Gasteiger partial charge is 0.508 e. The minimum atomic E-state index is -0.528. The molecular weight excluding hydrogens is 304 g/mol. The number of ether oxygens (including phenoxy) is 1.